The highest BCUT2D eigenvalue weighted by Crippen LogP contribution is 2.16. The minimum absolute atomic E-state index is 0.301. The molecular formula is C15H19N3O2. The Morgan fingerprint density at radius 2 is 2.20 bits per heavy atom. The lowest BCUT2D eigenvalue weighted by atomic mass is 10.1. The fraction of sp³-hybridized carbons (Fsp3) is 0.333. The second-order valence-electron chi connectivity index (χ2n) is 4.82. The van der Waals surface area contributed by atoms with Crippen molar-refractivity contribution >= 4 is 11.7 Å². The van der Waals surface area contributed by atoms with Crippen molar-refractivity contribution in [3.63, 3.8) is 0 Å². The van der Waals surface area contributed by atoms with Crippen LogP contribution in [0.5, 0.6) is 0 Å². The van der Waals surface area contributed by atoms with Crippen molar-refractivity contribution < 1.29 is 9.90 Å². The molecule has 0 saturated carbocycles. The highest BCUT2D eigenvalue weighted by atomic mass is 16.4. The minimum atomic E-state index is -0.909. The van der Waals surface area contributed by atoms with E-state index in [4.69, 9.17) is 5.11 Å². The lowest BCUT2D eigenvalue weighted by Gasteiger charge is -2.10. The Balaban J connectivity index is 2.10. The Bertz CT molecular complexity index is 605. The number of anilines is 1. The number of aromatic carboxylic acids is 1. The van der Waals surface area contributed by atoms with E-state index in [1.807, 2.05) is 25.5 Å². The molecule has 0 aliphatic rings. The summed E-state index contributed by atoms with van der Waals surface area (Å²) in [7, 11) is 0. The number of aryl methyl sites for hydroxylation is 2. The van der Waals surface area contributed by atoms with Crippen molar-refractivity contribution in [3.05, 3.63) is 47.5 Å². The van der Waals surface area contributed by atoms with E-state index in [2.05, 4.69) is 21.8 Å². The lowest BCUT2D eigenvalue weighted by Crippen LogP contribution is -2.08. The maximum atomic E-state index is 11.0. The summed E-state index contributed by atoms with van der Waals surface area (Å²) in [5.74, 6) is -0.909. The number of benzene rings is 1. The zero-order valence-electron chi connectivity index (χ0n) is 11.8. The van der Waals surface area contributed by atoms with Gasteiger partial charge in [-0.1, -0.05) is 6.92 Å². The number of hydrogen-bond acceptors (Lipinski definition) is 3. The van der Waals surface area contributed by atoms with Crippen LogP contribution in [0.4, 0.5) is 5.69 Å². The largest absolute Gasteiger partial charge is 0.478 e. The number of aromatic nitrogens is 2. The molecule has 1 aromatic heterocycles. The van der Waals surface area contributed by atoms with Crippen LogP contribution in [-0.4, -0.2) is 20.6 Å². The predicted octanol–water partition coefficient (Wildman–Crippen LogP) is 2.91. The molecule has 0 saturated heterocycles. The van der Waals surface area contributed by atoms with Crippen molar-refractivity contribution in [1.82, 2.24) is 9.55 Å². The van der Waals surface area contributed by atoms with Gasteiger partial charge in [0.15, 0.2) is 0 Å². The molecule has 5 heteroatoms. The number of rotatable bonds is 6. The van der Waals surface area contributed by atoms with E-state index in [9.17, 15) is 4.79 Å². The first-order chi connectivity index (χ1) is 9.60. The normalized spacial score (nSPS) is 10.5. The third-order valence-electron chi connectivity index (χ3n) is 3.06. The SMILES string of the molecule is CCCn1cncc1CNc1cc(C)cc(C(=O)O)c1. The van der Waals surface area contributed by atoms with Gasteiger partial charge in [0.25, 0.3) is 0 Å². The van der Waals surface area contributed by atoms with Crippen molar-refractivity contribution in [2.45, 2.75) is 33.4 Å². The molecule has 0 radical (unpaired) electrons. The number of carbonyl (C=O) groups is 1. The molecule has 2 N–H and O–H groups in total. The van der Waals surface area contributed by atoms with Gasteiger partial charge in [0, 0.05) is 18.4 Å². The van der Waals surface area contributed by atoms with E-state index in [0.29, 0.717) is 12.1 Å². The lowest BCUT2D eigenvalue weighted by molar-refractivity contribution is 0.0697. The molecule has 5 nitrogen and oxygen atoms in total. The van der Waals surface area contributed by atoms with Crippen LogP contribution >= 0.6 is 0 Å². The third kappa shape index (κ3) is 3.38. The number of nitrogens with one attached hydrogen (secondary N) is 1. The van der Waals surface area contributed by atoms with Crippen molar-refractivity contribution in [3.8, 4) is 0 Å². The van der Waals surface area contributed by atoms with E-state index >= 15 is 0 Å². The first-order valence-electron chi connectivity index (χ1n) is 6.68. The van der Waals surface area contributed by atoms with Gasteiger partial charge in [-0.3, -0.25) is 0 Å². The topological polar surface area (TPSA) is 67.2 Å². The second-order valence-corrected chi connectivity index (χ2v) is 4.82. The van der Waals surface area contributed by atoms with Gasteiger partial charge in [0.05, 0.1) is 24.1 Å². The highest BCUT2D eigenvalue weighted by Gasteiger charge is 2.06. The predicted molar refractivity (Wildman–Crippen MR) is 78.0 cm³/mol. The molecule has 2 aromatic rings. The van der Waals surface area contributed by atoms with Gasteiger partial charge < -0.3 is 15.0 Å². The molecule has 1 heterocycles. The van der Waals surface area contributed by atoms with Crippen LogP contribution in [0.3, 0.4) is 0 Å². The molecule has 0 aliphatic carbocycles. The Morgan fingerprint density at radius 1 is 1.40 bits per heavy atom. The van der Waals surface area contributed by atoms with Crippen molar-refractivity contribution in [2.24, 2.45) is 0 Å². The first kappa shape index (κ1) is 14.1. The highest BCUT2D eigenvalue weighted by molar-refractivity contribution is 5.89. The maximum Gasteiger partial charge on any atom is 0.335 e. The average Bonchev–Trinajstić information content (AvgIpc) is 2.83. The quantitative estimate of drug-likeness (QED) is 0.849. The standard InChI is InChI=1S/C15H19N3O2/c1-3-4-18-10-16-8-14(18)9-17-13-6-11(2)5-12(7-13)15(19)20/h5-8,10,17H,3-4,9H2,1-2H3,(H,19,20). The van der Waals surface area contributed by atoms with Crippen LogP contribution in [-0.2, 0) is 13.1 Å². The summed E-state index contributed by atoms with van der Waals surface area (Å²) in [5.41, 5.74) is 3.13. The third-order valence-corrected chi connectivity index (χ3v) is 3.06. The summed E-state index contributed by atoms with van der Waals surface area (Å²) in [6.45, 7) is 5.57. The number of hydrogen-bond donors (Lipinski definition) is 2. The Kier molecular flexibility index (Phi) is 4.40. The van der Waals surface area contributed by atoms with Crippen LogP contribution < -0.4 is 5.32 Å². The number of carboxylic acid groups (broad SMARTS) is 1. The Hall–Kier alpha value is -2.30. The summed E-state index contributed by atoms with van der Waals surface area (Å²) >= 11 is 0. The zero-order chi connectivity index (χ0) is 14.5. The fourth-order valence-corrected chi connectivity index (χ4v) is 2.14. The molecule has 0 fully saturated rings. The van der Waals surface area contributed by atoms with E-state index < -0.39 is 5.97 Å². The van der Waals surface area contributed by atoms with Gasteiger partial charge in [0.2, 0.25) is 0 Å². The van der Waals surface area contributed by atoms with Gasteiger partial charge in [-0.25, -0.2) is 9.78 Å². The molecule has 1 aromatic carbocycles. The van der Waals surface area contributed by atoms with Crippen LogP contribution in [0, 0.1) is 6.92 Å². The Morgan fingerprint density at radius 3 is 2.90 bits per heavy atom. The molecule has 2 rings (SSSR count). The summed E-state index contributed by atoms with van der Waals surface area (Å²) in [4.78, 5) is 15.2. The minimum Gasteiger partial charge on any atom is -0.478 e. The second kappa shape index (κ2) is 6.23. The molecule has 0 unspecified atom stereocenters. The van der Waals surface area contributed by atoms with Crippen LogP contribution in [0.1, 0.15) is 35.0 Å². The number of nitrogens with zero attached hydrogens (tertiary/aromatic N) is 2. The Labute approximate surface area is 118 Å². The summed E-state index contributed by atoms with van der Waals surface area (Å²) in [5, 5.41) is 12.3. The number of carboxylic acids is 1. The summed E-state index contributed by atoms with van der Waals surface area (Å²) in [6.07, 6.45) is 4.70. The van der Waals surface area contributed by atoms with E-state index in [0.717, 1.165) is 29.9 Å². The first-order valence-corrected chi connectivity index (χ1v) is 6.68. The molecule has 0 spiro atoms. The average molecular weight is 273 g/mol. The molecule has 0 amide bonds. The van der Waals surface area contributed by atoms with Gasteiger partial charge >= 0.3 is 5.97 Å². The van der Waals surface area contributed by atoms with Crippen molar-refractivity contribution in [1.29, 1.82) is 0 Å². The summed E-state index contributed by atoms with van der Waals surface area (Å²) in [6, 6.07) is 5.25. The van der Waals surface area contributed by atoms with Gasteiger partial charge in [-0.15, -0.1) is 0 Å². The maximum absolute atomic E-state index is 11.0. The van der Waals surface area contributed by atoms with Crippen LogP contribution in [0.15, 0.2) is 30.7 Å². The zero-order valence-corrected chi connectivity index (χ0v) is 11.8. The van der Waals surface area contributed by atoms with Crippen LogP contribution in [0.2, 0.25) is 0 Å². The molecule has 106 valence electrons. The van der Waals surface area contributed by atoms with E-state index in [-0.39, 0.29) is 0 Å². The number of imidazole rings is 1. The fourth-order valence-electron chi connectivity index (χ4n) is 2.14. The van der Waals surface area contributed by atoms with E-state index in [1.54, 1.807) is 12.1 Å². The van der Waals surface area contributed by atoms with E-state index in [1.165, 1.54) is 0 Å². The summed E-state index contributed by atoms with van der Waals surface area (Å²) < 4.78 is 2.10. The molecule has 0 bridgehead atoms. The van der Waals surface area contributed by atoms with Crippen LogP contribution in [0.25, 0.3) is 0 Å². The monoisotopic (exact) mass is 273 g/mol. The van der Waals surface area contributed by atoms with Gasteiger partial charge in [-0.2, -0.15) is 0 Å². The molecular weight excluding hydrogens is 254 g/mol. The molecule has 20 heavy (non-hydrogen) atoms. The molecule has 0 aliphatic heterocycles. The smallest absolute Gasteiger partial charge is 0.335 e. The van der Waals surface area contributed by atoms with Crippen molar-refractivity contribution in [2.75, 3.05) is 5.32 Å². The van der Waals surface area contributed by atoms with Gasteiger partial charge in [0.1, 0.15) is 0 Å². The van der Waals surface area contributed by atoms with Gasteiger partial charge in [-0.05, 0) is 37.1 Å². The molecule has 0 atom stereocenters.